The molecule has 2 rings (SSSR count). The molecule has 0 aromatic heterocycles. The van der Waals surface area contributed by atoms with Gasteiger partial charge in [-0.25, -0.2) is 9.59 Å². The van der Waals surface area contributed by atoms with E-state index in [0.29, 0.717) is 12.5 Å². The maximum Gasteiger partial charge on any atom is 0.490 e. The molecule has 0 bridgehead atoms. The van der Waals surface area contributed by atoms with Gasteiger partial charge in [-0.1, -0.05) is 0 Å². The standard InChI is InChI=1S/C12H23N3O2.2C2HF3O2/c1-13(2)9-12(16)15-7-10-6-14(3)4-5-17-11(10)8-15;2*3-2(4,5)1(6)7/h10-11H,4-9H2,1-3H3;2*(H,6,7)/t10-,11+;;/m0../s1. The van der Waals surface area contributed by atoms with E-state index in [1.807, 2.05) is 23.9 Å². The van der Waals surface area contributed by atoms with Crippen molar-refractivity contribution < 1.29 is 55.7 Å². The number of fused-ring (bicyclic) bond motifs is 1. The molecular weight excluding hydrogens is 444 g/mol. The SMILES string of the molecule is CN(C)CC(=O)N1C[C@@H]2CN(C)CCO[C@@H]2C1.O=C(O)C(F)(F)F.O=C(O)C(F)(F)F. The van der Waals surface area contributed by atoms with E-state index in [-0.39, 0.29) is 12.0 Å². The first-order valence-corrected chi connectivity index (χ1v) is 8.78. The fourth-order valence-corrected chi connectivity index (χ4v) is 2.63. The summed E-state index contributed by atoms with van der Waals surface area (Å²) in [4.78, 5) is 35.9. The average Bonchev–Trinajstić information content (AvgIpc) is 2.88. The molecule has 0 saturated carbocycles. The molecule has 2 saturated heterocycles. The van der Waals surface area contributed by atoms with E-state index >= 15 is 0 Å². The van der Waals surface area contributed by atoms with Crippen molar-refractivity contribution in [1.82, 2.24) is 14.7 Å². The number of alkyl halides is 6. The maximum atomic E-state index is 12.0. The second kappa shape index (κ2) is 12.0. The largest absolute Gasteiger partial charge is 0.490 e. The number of carboxylic acid groups (broad SMARTS) is 2. The van der Waals surface area contributed by atoms with Crippen LogP contribution in [0.4, 0.5) is 26.3 Å². The van der Waals surface area contributed by atoms with Gasteiger partial charge in [-0.15, -0.1) is 0 Å². The van der Waals surface area contributed by atoms with Gasteiger partial charge in [0.25, 0.3) is 0 Å². The number of nitrogens with zero attached hydrogens (tertiary/aromatic N) is 3. The molecule has 0 aromatic rings. The molecule has 2 atom stereocenters. The molecule has 0 spiro atoms. The van der Waals surface area contributed by atoms with Crippen molar-refractivity contribution in [2.24, 2.45) is 5.92 Å². The molecule has 0 aromatic carbocycles. The summed E-state index contributed by atoms with van der Waals surface area (Å²) >= 11 is 0. The number of likely N-dealkylation sites (N-methyl/N-ethyl adjacent to an activating group) is 2. The Morgan fingerprint density at radius 1 is 0.968 bits per heavy atom. The number of carboxylic acids is 2. The first-order valence-electron chi connectivity index (χ1n) is 8.78. The lowest BCUT2D eigenvalue weighted by molar-refractivity contribution is -0.193. The zero-order valence-corrected chi connectivity index (χ0v) is 17.0. The Labute approximate surface area is 174 Å². The third-order valence-electron chi connectivity index (χ3n) is 4.02. The normalized spacial score (nSPS) is 21.8. The summed E-state index contributed by atoms with van der Waals surface area (Å²) in [7, 11) is 5.97. The summed E-state index contributed by atoms with van der Waals surface area (Å²) in [6.07, 6.45) is -9.92. The smallest absolute Gasteiger partial charge is 0.475 e. The zero-order chi connectivity index (χ0) is 24.6. The van der Waals surface area contributed by atoms with Crippen molar-refractivity contribution in [3.63, 3.8) is 0 Å². The number of hydrogen-bond acceptors (Lipinski definition) is 6. The van der Waals surface area contributed by atoms with Crippen molar-refractivity contribution >= 4 is 17.8 Å². The van der Waals surface area contributed by atoms with Crippen LogP contribution in [0, 0.1) is 5.92 Å². The van der Waals surface area contributed by atoms with Crippen molar-refractivity contribution in [2.75, 3.05) is 60.5 Å². The van der Waals surface area contributed by atoms with Gasteiger partial charge in [0.1, 0.15) is 0 Å². The number of carbonyl (C=O) groups excluding carboxylic acids is 1. The highest BCUT2D eigenvalue weighted by Gasteiger charge is 2.39. The number of likely N-dealkylation sites (tertiary alicyclic amines) is 1. The molecule has 0 radical (unpaired) electrons. The molecular formula is C16H25F6N3O6. The van der Waals surface area contributed by atoms with E-state index in [9.17, 15) is 31.1 Å². The molecule has 0 aliphatic carbocycles. The van der Waals surface area contributed by atoms with Crippen LogP contribution >= 0.6 is 0 Å². The lowest BCUT2D eigenvalue weighted by Crippen LogP contribution is -2.37. The van der Waals surface area contributed by atoms with Crippen LogP contribution < -0.4 is 0 Å². The maximum absolute atomic E-state index is 12.0. The second-order valence-corrected chi connectivity index (χ2v) is 7.07. The van der Waals surface area contributed by atoms with Gasteiger partial charge in [0.05, 0.1) is 19.3 Å². The van der Waals surface area contributed by atoms with E-state index in [1.54, 1.807) is 0 Å². The van der Waals surface area contributed by atoms with E-state index in [0.717, 1.165) is 32.8 Å². The highest BCUT2D eigenvalue weighted by molar-refractivity contribution is 5.78. The monoisotopic (exact) mass is 469 g/mol. The number of amides is 1. The van der Waals surface area contributed by atoms with Gasteiger partial charge in [-0.05, 0) is 21.1 Å². The number of carbonyl (C=O) groups is 3. The molecule has 2 N–H and O–H groups in total. The molecule has 2 aliphatic heterocycles. The molecule has 182 valence electrons. The molecule has 0 unspecified atom stereocenters. The van der Waals surface area contributed by atoms with Crippen molar-refractivity contribution in [3.8, 4) is 0 Å². The lowest BCUT2D eigenvalue weighted by Gasteiger charge is -2.20. The minimum absolute atomic E-state index is 0.217. The summed E-state index contributed by atoms with van der Waals surface area (Å²) in [6, 6.07) is 0. The highest BCUT2D eigenvalue weighted by Crippen LogP contribution is 2.23. The third kappa shape index (κ3) is 11.7. The molecule has 31 heavy (non-hydrogen) atoms. The van der Waals surface area contributed by atoms with E-state index in [2.05, 4.69) is 11.9 Å². The van der Waals surface area contributed by atoms with E-state index < -0.39 is 24.3 Å². The van der Waals surface area contributed by atoms with Crippen LogP contribution in [0.2, 0.25) is 0 Å². The number of halogens is 6. The Morgan fingerprint density at radius 3 is 1.81 bits per heavy atom. The van der Waals surface area contributed by atoms with Crippen molar-refractivity contribution in [2.45, 2.75) is 18.5 Å². The van der Waals surface area contributed by atoms with Gasteiger partial charge in [-0.3, -0.25) is 4.79 Å². The third-order valence-corrected chi connectivity index (χ3v) is 4.02. The van der Waals surface area contributed by atoms with Crippen LogP contribution in [0.25, 0.3) is 0 Å². The van der Waals surface area contributed by atoms with E-state index in [1.165, 1.54) is 0 Å². The fraction of sp³-hybridized carbons (Fsp3) is 0.812. The van der Waals surface area contributed by atoms with Crippen molar-refractivity contribution in [3.05, 3.63) is 0 Å². The predicted molar refractivity (Wildman–Crippen MR) is 93.2 cm³/mol. The average molecular weight is 469 g/mol. The first kappa shape index (κ1) is 28.9. The quantitative estimate of drug-likeness (QED) is 0.566. The summed E-state index contributed by atoms with van der Waals surface area (Å²) in [5.41, 5.74) is 0. The fourth-order valence-electron chi connectivity index (χ4n) is 2.63. The summed E-state index contributed by atoms with van der Waals surface area (Å²) < 4.78 is 69.3. The minimum atomic E-state index is -5.08. The van der Waals surface area contributed by atoms with Gasteiger partial charge in [0.15, 0.2) is 0 Å². The van der Waals surface area contributed by atoms with Crippen LogP contribution in [-0.4, -0.2) is 122 Å². The number of hydrogen-bond donors (Lipinski definition) is 2. The predicted octanol–water partition coefficient (Wildman–Crippen LogP) is 0.604. The van der Waals surface area contributed by atoms with Crippen LogP contribution in [-0.2, 0) is 19.1 Å². The van der Waals surface area contributed by atoms with Gasteiger partial charge in [-0.2, -0.15) is 26.3 Å². The van der Waals surface area contributed by atoms with Crippen LogP contribution in [0.15, 0.2) is 0 Å². The Hall–Kier alpha value is -2.13. The first-order chi connectivity index (χ1) is 13.9. The summed E-state index contributed by atoms with van der Waals surface area (Å²) in [5, 5.41) is 14.2. The topological polar surface area (TPSA) is 111 Å². The van der Waals surface area contributed by atoms with Crippen LogP contribution in [0.5, 0.6) is 0 Å². The molecule has 9 nitrogen and oxygen atoms in total. The van der Waals surface area contributed by atoms with Crippen LogP contribution in [0.3, 0.4) is 0 Å². The number of ether oxygens (including phenoxy) is 1. The van der Waals surface area contributed by atoms with Gasteiger partial charge in [0.2, 0.25) is 5.91 Å². The zero-order valence-electron chi connectivity index (χ0n) is 17.0. The molecule has 2 heterocycles. The van der Waals surface area contributed by atoms with Gasteiger partial charge in [0, 0.05) is 32.1 Å². The summed E-state index contributed by atoms with van der Waals surface area (Å²) in [6.45, 7) is 4.94. The highest BCUT2D eigenvalue weighted by atomic mass is 19.4. The molecule has 2 fully saturated rings. The minimum Gasteiger partial charge on any atom is -0.475 e. The molecule has 1 amide bonds. The Balaban J connectivity index is 0.000000536. The second-order valence-electron chi connectivity index (χ2n) is 7.07. The Kier molecular flexibility index (Phi) is 11.2. The van der Waals surface area contributed by atoms with Crippen molar-refractivity contribution in [1.29, 1.82) is 0 Å². The van der Waals surface area contributed by atoms with Gasteiger partial charge >= 0.3 is 24.3 Å². The Morgan fingerprint density at radius 2 is 1.42 bits per heavy atom. The lowest BCUT2D eigenvalue weighted by atomic mass is 10.1. The molecule has 15 heteroatoms. The van der Waals surface area contributed by atoms with Crippen LogP contribution in [0.1, 0.15) is 0 Å². The van der Waals surface area contributed by atoms with Gasteiger partial charge < -0.3 is 29.6 Å². The van der Waals surface area contributed by atoms with E-state index in [4.69, 9.17) is 24.5 Å². The molecule has 2 aliphatic rings. The Bertz CT molecular complexity index is 590. The summed E-state index contributed by atoms with van der Waals surface area (Å²) in [5.74, 6) is -4.82. The number of rotatable bonds is 2. The number of aliphatic carboxylic acids is 2.